The van der Waals surface area contributed by atoms with Crippen molar-refractivity contribution in [1.82, 2.24) is 10.3 Å². The molecule has 1 aliphatic carbocycles. The molecule has 1 aliphatic heterocycles. The van der Waals surface area contributed by atoms with Crippen LogP contribution in [0.25, 0.3) is 16.7 Å². The van der Waals surface area contributed by atoms with E-state index in [0.29, 0.717) is 11.8 Å². The molecule has 1 aromatic carbocycles. The normalized spacial score (nSPS) is 21.1. The number of nitrogens with zero attached hydrogens (tertiary/aromatic N) is 1. The predicted molar refractivity (Wildman–Crippen MR) is 95.8 cm³/mol. The Labute approximate surface area is 154 Å². The van der Waals surface area contributed by atoms with Gasteiger partial charge in [-0.1, -0.05) is 36.4 Å². The van der Waals surface area contributed by atoms with Crippen LogP contribution in [0.3, 0.4) is 0 Å². The van der Waals surface area contributed by atoms with Gasteiger partial charge >= 0.3 is 12.1 Å². The summed E-state index contributed by atoms with van der Waals surface area (Å²) in [6, 6.07) is 12.8. The molecule has 0 amide bonds. The van der Waals surface area contributed by atoms with Gasteiger partial charge in [-0.25, -0.2) is 4.79 Å². The van der Waals surface area contributed by atoms with E-state index in [9.17, 15) is 13.2 Å². The van der Waals surface area contributed by atoms with Crippen LogP contribution in [0.15, 0.2) is 54.9 Å². The van der Waals surface area contributed by atoms with E-state index in [0.717, 1.165) is 13.1 Å². The first-order valence-electron chi connectivity index (χ1n) is 8.58. The van der Waals surface area contributed by atoms with E-state index < -0.39 is 12.1 Å². The fraction of sp³-hybridized carbons (Fsp3) is 0.300. The number of alkyl halides is 3. The third kappa shape index (κ3) is 4.74. The average Bonchev–Trinajstić information content (AvgIpc) is 2.96. The van der Waals surface area contributed by atoms with Gasteiger partial charge in [0.2, 0.25) is 0 Å². The third-order valence-corrected chi connectivity index (χ3v) is 4.66. The lowest BCUT2D eigenvalue weighted by Crippen LogP contribution is -2.31. The highest BCUT2D eigenvalue weighted by atomic mass is 19.4. The topological polar surface area (TPSA) is 62.2 Å². The number of aromatic nitrogens is 1. The van der Waals surface area contributed by atoms with Gasteiger partial charge < -0.3 is 10.4 Å². The van der Waals surface area contributed by atoms with E-state index in [-0.39, 0.29) is 0 Å². The van der Waals surface area contributed by atoms with Crippen molar-refractivity contribution in [2.45, 2.75) is 12.6 Å². The molecule has 2 bridgehead atoms. The number of carboxylic acid groups (broad SMARTS) is 1. The number of carbonyl (C=O) groups is 1. The van der Waals surface area contributed by atoms with E-state index in [1.807, 2.05) is 12.4 Å². The van der Waals surface area contributed by atoms with E-state index in [1.165, 1.54) is 28.7 Å². The van der Waals surface area contributed by atoms with Crippen LogP contribution in [0.5, 0.6) is 0 Å². The van der Waals surface area contributed by atoms with Gasteiger partial charge in [-0.15, -0.1) is 0 Å². The average molecular weight is 376 g/mol. The SMILES string of the molecule is C1=C(c2cncc(-c3ccccc3)c2)C2CNCC1C2.O=C(O)C(F)(F)F. The van der Waals surface area contributed by atoms with Crippen LogP contribution in [0.2, 0.25) is 0 Å². The summed E-state index contributed by atoms with van der Waals surface area (Å²) in [7, 11) is 0. The lowest BCUT2D eigenvalue weighted by Gasteiger charge is -2.22. The Bertz CT molecular complexity index is 835. The van der Waals surface area contributed by atoms with Crippen molar-refractivity contribution in [3.05, 3.63) is 60.4 Å². The van der Waals surface area contributed by atoms with Crippen LogP contribution < -0.4 is 5.32 Å². The molecule has 2 N–H and O–H groups in total. The molecule has 7 heteroatoms. The minimum absolute atomic E-state index is 0.668. The summed E-state index contributed by atoms with van der Waals surface area (Å²) in [4.78, 5) is 13.4. The highest BCUT2D eigenvalue weighted by molar-refractivity contribution is 5.74. The maximum absolute atomic E-state index is 10.6. The summed E-state index contributed by atoms with van der Waals surface area (Å²) in [6.07, 6.45) is 2.64. The predicted octanol–water partition coefficient (Wildman–Crippen LogP) is 4.00. The number of aliphatic carboxylic acids is 1. The summed E-state index contributed by atoms with van der Waals surface area (Å²) in [5.41, 5.74) is 5.23. The number of carboxylic acids is 1. The molecular formula is C20H19F3N2O2. The fourth-order valence-corrected chi connectivity index (χ4v) is 3.45. The summed E-state index contributed by atoms with van der Waals surface area (Å²) in [5.74, 6) is -1.38. The molecule has 2 unspecified atom stereocenters. The highest BCUT2D eigenvalue weighted by Crippen LogP contribution is 2.39. The number of rotatable bonds is 2. The maximum atomic E-state index is 10.6. The van der Waals surface area contributed by atoms with E-state index >= 15 is 0 Å². The first-order chi connectivity index (χ1) is 12.8. The number of fused-ring (bicyclic) bond motifs is 2. The molecule has 1 aromatic heterocycles. The number of piperidine rings is 1. The second-order valence-electron chi connectivity index (χ2n) is 6.60. The van der Waals surface area contributed by atoms with Crippen LogP contribution >= 0.6 is 0 Å². The lowest BCUT2D eigenvalue weighted by molar-refractivity contribution is -0.192. The van der Waals surface area contributed by atoms with E-state index in [1.54, 1.807) is 0 Å². The summed E-state index contributed by atoms with van der Waals surface area (Å²) < 4.78 is 31.7. The number of hydrogen-bond acceptors (Lipinski definition) is 3. The molecule has 142 valence electrons. The van der Waals surface area contributed by atoms with Gasteiger partial charge in [0, 0.05) is 31.0 Å². The zero-order valence-corrected chi connectivity index (χ0v) is 14.4. The van der Waals surface area contributed by atoms with Crippen molar-refractivity contribution in [3.63, 3.8) is 0 Å². The second-order valence-corrected chi connectivity index (χ2v) is 6.60. The molecule has 2 aliphatic rings. The van der Waals surface area contributed by atoms with E-state index in [2.05, 4.69) is 52.8 Å². The number of halogens is 3. The Balaban J connectivity index is 0.000000260. The van der Waals surface area contributed by atoms with Gasteiger partial charge in [-0.3, -0.25) is 4.98 Å². The van der Waals surface area contributed by atoms with Crippen molar-refractivity contribution >= 4 is 11.5 Å². The molecule has 4 rings (SSSR count). The molecule has 1 saturated heterocycles. The smallest absolute Gasteiger partial charge is 0.475 e. The zero-order valence-electron chi connectivity index (χ0n) is 14.4. The van der Waals surface area contributed by atoms with Gasteiger partial charge in [0.25, 0.3) is 0 Å². The maximum Gasteiger partial charge on any atom is 0.490 e. The van der Waals surface area contributed by atoms with Crippen molar-refractivity contribution < 1.29 is 23.1 Å². The molecule has 0 radical (unpaired) electrons. The van der Waals surface area contributed by atoms with Crippen molar-refractivity contribution in [1.29, 1.82) is 0 Å². The second kappa shape index (κ2) is 7.92. The van der Waals surface area contributed by atoms with Gasteiger partial charge in [-0.05, 0) is 41.0 Å². The summed E-state index contributed by atoms with van der Waals surface area (Å²) >= 11 is 0. The van der Waals surface area contributed by atoms with E-state index in [4.69, 9.17) is 9.90 Å². The molecule has 0 spiro atoms. The van der Waals surface area contributed by atoms with Crippen LogP contribution in [0, 0.1) is 11.8 Å². The quantitative estimate of drug-likeness (QED) is 0.832. The van der Waals surface area contributed by atoms with Gasteiger partial charge in [0.05, 0.1) is 0 Å². The standard InChI is InChI=1S/C18H18N2.C2HF3O2/c1-2-4-14(5-3-1)15-8-17(12-20-10-15)18-7-13-6-16(18)11-19-9-13;3-2(4,5)1(6)7/h1-5,7-8,10,12-13,16,19H,6,9,11H2;(H,6,7). The minimum Gasteiger partial charge on any atom is -0.475 e. The molecular weight excluding hydrogens is 357 g/mol. The molecule has 0 saturated carbocycles. The number of hydrogen-bond donors (Lipinski definition) is 2. The molecule has 2 atom stereocenters. The minimum atomic E-state index is -5.08. The first-order valence-corrected chi connectivity index (χ1v) is 8.58. The molecule has 2 heterocycles. The third-order valence-electron chi connectivity index (χ3n) is 4.66. The molecule has 27 heavy (non-hydrogen) atoms. The number of benzene rings is 1. The Morgan fingerprint density at radius 1 is 1.07 bits per heavy atom. The largest absolute Gasteiger partial charge is 0.490 e. The Hall–Kier alpha value is -2.67. The number of nitrogens with one attached hydrogen (secondary N) is 1. The monoisotopic (exact) mass is 376 g/mol. The van der Waals surface area contributed by atoms with Crippen LogP contribution in [0.4, 0.5) is 13.2 Å². The fourth-order valence-electron chi connectivity index (χ4n) is 3.45. The number of pyridine rings is 1. The molecule has 1 fully saturated rings. The Kier molecular flexibility index (Phi) is 5.60. The summed E-state index contributed by atoms with van der Waals surface area (Å²) in [6.45, 7) is 2.24. The first kappa shape index (κ1) is 19.1. The summed E-state index contributed by atoms with van der Waals surface area (Å²) in [5, 5.41) is 10.6. The highest BCUT2D eigenvalue weighted by Gasteiger charge is 2.38. The Morgan fingerprint density at radius 3 is 2.37 bits per heavy atom. The molecule has 4 nitrogen and oxygen atoms in total. The van der Waals surface area contributed by atoms with Crippen LogP contribution in [-0.4, -0.2) is 35.3 Å². The van der Waals surface area contributed by atoms with Crippen molar-refractivity contribution in [2.75, 3.05) is 13.1 Å². The van der Waals surface area contributed by atoms with Crippen LogP contribution in [0.1, 0.15) is 12.0 Å². The zero-order chi connectivity index (χ0) is 19.4. The van der Waals surface area contributed by atoms with Gasteiger partial charge in [0.15, 0.2) is 0 Å². The van der Waals surface area contributed by atoms with Gasteiger partial charge in [0.1, 0.15) is 0 Å². The van der Waals surface area contributed by atoms with Crippen LogP contribution in [-0.2, 0) is 4.79 Å². The molecule has 2 aromatic rings. The van der Waals surface area contributed by atoms with Gasteiger partial charge in [-0.2, -0.15) is 13.2 Å². The Morgan fingerprint density at radius 2 is 1.74 bits per heavy atom. The lowest BCUT2D eigenvalue weighted by atomic mass is 9.92. The van der Waals surface area contributed by atoms with Crippen molar-refractivity contribution in [2.24, 2.45) is 11.8 Å². The van der Waals surface area contributed by atoms with Crippen molar-refractivity contribution in [3.8, 4) is 11.1 Å².